The van der Waals surface area contributed by atoms with Gasteiger partial charge in [-0.2, -0.15) is 0 Å². The second-order valence-electron chi connectivity index (χ2n) is 5.18. The number of benzene rings is 1. The zero-order valence-corrected chi connectivity index (χ0v) is 12.4. The summed E-state index contributed by atoms with van der Waals surface area (Å²) in [6, 6.07) is 9.26. The summed E-state index contributed by atoms with van der Waals surface area (Å²) < 4.78 is 0. The number of hydrogen-bond donors (Lipinski definition) is 1. The number of hydrogen-bond acceptors (Lipinski definition) is 2. The van der Waals surface area contributed by atoms with E-state index in [1.54, 1.807) is 0 Å². The molecule has 0 aliphatic rings. The second-order valence-corrected chi connectivity index (χ2v) is 5.18. The number of aryl methyl sites for hydroxylation is 1. The van der Waals surface area contributed by atoms with Crippen LogP contribution < -0.4 is 10.2 Å². The van der Waals surface area contributed by atoms with Crippen molar-refractivity contribution in [2.75, 3.05) is 24.5 Å². The van der Waals surface area contributed by atoms with E-state index in [4.69, 9.17) is 0 Å². The average molecular weight is 248 g/mol. The summed E-state index contributed by atoms with van der Waals surface area (Å²) in [7, 11) is 0. The molecule has 0 heterocycles. The highest BCUT2D eigenvalue weighted by molar-refractivity contribution is 5.52. The molecule has 1 N–H and O–H groups in total. The van der Waals surface area contributed by atoms with Crippen molar-refractivity contribution in [3.8, 4) is 0 Å². The van der Waals surface area contributed by atoms with Crippen LogP contribution in [0, 0.1) is 6.92 Å². The number of nitrogens with zero attached hydrogens (tertiary/aromatic N) is 1. The van der Waals surface area contributed by atoms with Crippen molar-refractivity contribution < 1.29 is 0 Å². The minimum Gasteiger partial charge on any atom is -0.372 e. The molecule has 2 nitrogen and oxygen atoms in total. The van der Waals surface area contributed by atoms with E-state index in [1.165, 1.54) is 24.1 Å². The first kappa shape index (κ1) is 15.0. The summed E-state index contributed by atoms with van der Waals surface area (Å²) in [6.07, 6.45) is 2.50. The lowest BCUT2D eigenvalue weighted by atomic mass is 10.1. The van der Waals surface area contributed by atoms with Crippen molar-refractivity contribution in [3.63, 3.8) is 0 Å². The Kier molecular flexibility index (Phi) is 6.81. The topological polar surface area (TPSA) is 15.3 Å². The fourth-order valence-corrected chi connectivity index (χ4v) is 2.19. The second kappa shape index (κ2) is 8.15. The van der Waals surface area contributed by atoms with Crippen LogP contribution in [0.5, 0.6) is 0 Å². The van der Waals surface area contributed by atoms with Gasteiger partial charge in [-0.05, 0) is 44.9 Å². The van der Waals surface area contributed by atoms with Gasteiger partial charge in [-0.25, -0.2) is 0 Å². The van der Waals surface area contributed by atoms with Crippen molar-refractivity contribution in [3.05, 3.63) is 29.8 Å². The minimum absolute atomic E-state index is 0.601. The maximum absolute atomic E-state index is 3.47. The van der Waals surface area contributed by atoms with Crippen molar-refractivity contribution >= 4 is 5.69 Å². The van der Waals surface area contributed by atoms with E-state index in [1.807, 2.05) is 0 Å². The predicted octanol–water partition coefficient (Wildman–Crippen LogP) is 3.60. The van der Waals surface area contributed by atoms with Gasteiger partial charge in [-0.1, -0.05) is 32.0 Å². The minimum atomic E-state index is 0.601. The van der Waals surface area contributed by atoms with Gasteiger partial charge in [0.1, 0.15) is 0 Å². The standard InChI is InChI=1S/C16H28N2/c1-5-18(13-9-8-12-17-14(2)3)16-11-7-6-10-15(16)4/h6-7,10-11,14,17H,5,8-9,12-13H2,1-4H3. The van der Waals surface area contributed by atoms with E-state index in [-0.39, 0.29) is 0 Å². The Morgan fingerprint density at radius 1 is 1.17 bits per heavy atom. The summed E-state index contributed by atoms with van der Waals surface area (Å²) in [4.78, 5) is 2.48. The van der Waals surface area contributed by atoms with Crippen LogP contribution in [0.3, 0.4) is 0 Å². The van der Waals surface area contributed by atoms with Crippen molar-refractivity contribution in [2.45, 2.75) is 46.6 Å². The Bertz CT molecular complexity index is 334. The van der Waals surface area contributed by atoms with Gasteiger partial charge in [0.25, 0.3) is 0 Å². The molecule has 2 heteroatoms. The SMILES string of the molecule is CCN(CCCCNC(C)C)c1ccccc1C. The third-order valence-electron chi connectivity index (χ3n) is 3.25. The summed E-state index contributed by atoms with van der Waals surface area (Å²) in [6.45, 7) is 12.2. The fourth-order valence-electron chi connectivity index (χ4n) is 2.19. The van der Waals surface area contributed by atoms with Gasteiger partial charge in [0, 0.05) is 24.8 Å². The lowest BCUT2D eigenvalue weighted by Crippen LogP contribution is -2.27. The normalized spacial score (nSPS) is 10.9. The molecule has 102 valence electrons. The van der Waals surface area contributed by atoms with E-state index in [2.05, 4.69) is 62.2 Å². The smallest absolute Gasteiger partial charge is 0.0395 e. The molecule has 0 radical (unpaired) electrons. The molecule has 0 saturated carbocycles. The Morgan fingerprint density at radius 2 is 1.89 bits per heavy atom. The number of rotatable bonds is 8. The molecule has 0 aliphatic carbocycles. The van der Waals surface area contributed by atoms with Crippen LogP contribution in [0.2, 0.25) is 0 Å². The zero-order chi connectivity index (χ0) is 13.4. The summed E-state index contributed by atoms with van der Waals surface area (Å²) >= 11 is 0. The third kappa shape index (κ3) is 5.09. The first-order valence-corrected chi connectivity index (χ1v) is 7.19. The van der Waals surface area contributed by atoms with E-state index in [9.17, 15) is 0 Å². The number of anilines is 1. The molecule has 0 fully saturated rings. The summed E-state index contributed by atoms with van der Waals surface area (Å²) in [5, 5.41) is 3.47. The summed E-state index contributed by atoms with van der Waals surface area (Å²) in [5.41, 5.74) is 2.76. The first-order valence-electron chi connectivity index (χ1n) is 7.19. The highest BCUT2D eigenvalue weighted by atomic mass is 15.1. The Labute approximate surface area is 112 Å². The lowest BCUT2D eigenvalue weighted by molar-refractivity contribution is 0.555. The summed E-state index contributed by atoms with van der Waals surface area (Å²) in [5.74, 6) is 0. The van der Waals surface area contributed by atoms with Gasteiger partial charge >= 0.3 is 0 Å². The van der Waals surface area contributed by atoms with Crippen LogP contribution in [0.4, 0.5) is 5.69 Å². The molecule has 0 aromatic heterocycles. The monoisotopic (exact) mass is 248 g/mol. The maximum atomic E-state index is 3.47. The molecule has 0 spiro atoms. The molecule has 0 aliphatic heterocycles. The molecule has 0 unspecified atom stereocenters. The molecular formula is C16H28N2. The van der Waals surface area contributed by atoms with Crippen LogP contribution in [0.25, 0.3) is 0 Å². The molecule has 0 bridgehead atoms. The van der Waals surface area contributed by atoms with E-state index >= 15 is 0 Å². The molecular weight excluding hydrogens is 220 g/mol. The Hall–Kier alpha value is -1.02. The number of unbranched alkanes of at least 4 members (excludes halogenated alkanes) is 1. The Balaban J connectivity index is 2.36. The highest BCUT2D eigenvalue weighted by Crippen LogP contribution is 2.19. The van der Waals surface area contributed by atoms with Crippen LogP contribution >= 0.6 is 0 Å². The third-order valence-corrected chi connectivity index (χ3v) is 3.25. The van der Waals surface area contributed by atoms with Crippen molar-refractivity contribution in [1.29, 1.82) is 0 Å². The Morgan fingerprint density at radius 3 is 2.50 bits per heavy atom. The maximum Gasteiger partial charge on any atom is 0.0395 e. The van der Waals surface area contributed by atoms with Crippen molar-refractivity contribution in [2.24, 2.45) is 0 Å². The largest absolute Gasteiger partial charge is 0.372 e. The van der Waals surface area contributed by atoms with E-state index in [0.717, 1.165) is 19.6 Å². The molecule has 1 aromatic rings. The number of para-hydroxylation sites is 1. The zero-order valence-electron chi connectivity index (χ0n) is 12.4. The van der Waals surface area contributed by atoms with Gasteiger partial charge in [-0.15, -0.1) is 0 Å². The number of nitrogens with one attached hydrogen (secondary N) is 1. The molecule has 0 amide bonds. The molecule has 0 saturated heterocycles. The quantitative estimate of drug-likeness (QED) is 0.707. The average Bonchev–Trinajstić information content (AvgIpc) is 2.35. The lowest BCUT2D eigenvalue weighted by Gasteiger charge is -2.25. The predicted molar refractivity (Wildman–Crippen MR) is 81.4 cm³/mol. The molecule has 1 aromatic carbocycles. The van der Waals surface area contributed by atoms with Crippen LogP contribution in [-0.2, 0) is 0 Å². The van der Waals surface area contributed by atoms with Crippen LogP contribution in [0.1, 0.15) is 39.2 Å². The molecule has 0 atom stereocenters. The highest BCUT2D eigenvalue weighted by Gasteiger charge is 2.05. The first-order chi connectivity index (χ1) is 8.65. The fraction of sp³-hybridized carbons (Fsp3) is 0.625. The molecule has 1 rings (SSSR count). The van der Waals surface area contributed by atoms with Gasteiger partial charge in [0.05, 0.1) is 0 Å². The van der Waals surface area contributed by atoms with Gasteiger partial charge in [0.15, 0.2) is 0 Å². The van der Waals surface area contributed by atoms with Gasteiger partial charge in [0.2, 0.25) is 0 Å². The molecule has 18 heavy (non-hydrogen) atoms. The van der Waals surface area contributed by atoms with E-state index < -0.39 is 0 Å². The van der Waals surface area contributed by atoms with E-state index in [0.29, 0.717) is 6.04 Å². The van der Waals surface area contributed by atoms with Gasteiger partial charge in [-0.3, -0.25) is 0 Å². The van der Waals surface area contributed by atoms with Gasteiger partial charge < -0.3 is 10.2 Å². The van der Waals surface area contributed by atoms with Crippen LogP contribution in [0.15, 0.2) is 24.3 Å². The van der Waals surface area contributed by atoms with Crippen molar-refractivity contribution in [1.82, 2.24) is 5.32 Å². The van der Waals surface area contributed by atoms with Crippen LogP contribution in [-0.4, -0.2) is 25.7 Å².